The molecule has 0 radical (unpaired) electrons. The first-order valence-corrected chi connectivity index (χ1v) is 8.25. The minimum Gasteiger partial charge on any atom is -0.353 e. The molecule has 120 valence electrons. The molecule has 4 nitrogen and oxygen atoms in total. The van der Waals surface area contributed by atoms with Gasteiger partial charge in [-0.2, -0.15) is 0 Å². The van der Waals surface area contributed by atoms with Gasteiger partial charge in [0.1, 0.15) is 6.42 Å². The summed E-state index contributed by atoms with van der Waals surface area (Å²) in [5.41, 5.74) is 2.23. The van der Waals surface area contributed by atoms with Crippen molar-refractivity contribution in [2.75, 3.05) is 0 Å². The lowest BCUT2D eigenvalue weighted by Gasteiger charge is -2.16. The lowest BCUT2D eigenvalue weighted by Crippen LogP contribution is -2.37. The summed E-state index contributed by atoms with van der Waals surface area (Å²) in [4.78, 5) is 23.8. The average Bonchev–Trinajstić information content (AvgIpc) is 2.75. The van der Waals surface area contributed by atoms with Gasteiger partial charge in [0, 0.05) is 12.6 Å². The fraction of sp³-hybridized carbons (Fsp3) is 0.556. The average molecular weight is 302 g/mol. The van der Waals surface area contributed by atoms with Crippen LogP contribution in [0.2, 0.25) is 0 Å². The molecule has 2 amide bonds. The van der Waals surface area contributed by atoms with Gasteiger partial charge in [-0.25, -0.2) is 0 Å². The SMILES string of the molecule is Cc1ccccc1CNC(=O)CC(=O)NC1CCCCCC1. The van der Waals surface area contributed by atoms with E-state index in [1.807, 2.05) is 31.2 Å². The minimum absolute atomic E-state index is 0.0810. The number of aryl methyl sites for hydroxylation is 1. The quantitative estimate of drug-likeness (QED) is 0.649. The lowest BCUT2D eigenvalue weighted by molar-refractivity contribution is -0.129. The zero-order chi connectivity index (χ0) is 15.8. The Labute approximate surface area is 132 Å². The second-order valence-corrected chi connectivity index (χ2v) is 6.14. The highest BCUT2D eigenvalue weighted by Gasteiger charge is 2.16. The van der Waals surface area contributed by atoms with Crippen molar-refractivity contribution in [3.8, 4) is 0 Å². The normalized spacial score (nSPS) is 15.9. The maximum atomic E-state index is 11.9. The summed E-state index contributed by atoms with van der Waals surface area (Å²) in [6.07, 6.45) is 6.84. The van der Waals surface area contributed by atoms with Crippen LogP contribution < -0.4 is 10.6 Å². The Morgan fingerprint density at radius 3 is 2.41 bits per heavy atom. The molecule has 22 heavy (non-hydrogen) atoms. The van der Waals surface area contributed by atoms with Crippen molar-refractivity contribution in [2.24, 2.45) is 0 Å². The van der Waals surface area contributed by atoms with Gasteiger partial charge in [0.2, 0.25) is 11.8 Å². The monoisotopic (exact) mass is 302 g/mol. The molecule has 2 rings (SSSR count). The number of benzene rings is 1. The first-order chi connectivity index (χ1) is 10.6. The minimum atomic E-state index is -0.214. The van der Waals surface area contributed by atoms with E-state index in [9.17, 15) is 9.59 Å². The molecular formula is C18H26N2O2. The summed E-state index contributed by atoms with van der Waals surface area (Å²) in [7, 11) is 0. The zero-order valence-corrected chi connectivity index (χ0v) is 13.4. The second kappa shape index (κ2) is 8.57. The van der Waals surface area contributed by atoms with Crippen molar-refractivity contribution in [3.63, 3.8) is 0 Å². The molecule has 0 aliphatic heterocycles. The highest BCUT2D eigenvalue weighted by Crippen LogP contribution is 2.17. The van der Waals surface area contributed by atoms with Crippen molar-refractivity contribution in [1.29, 1.82) is 0 Å². The maximum absolute atomic E-state index is 11.9. The number of carbonyl (C=O) groups excluding carboxylic acids is 2. The highest BCUT2D eigenvalue weighted by atomic mass is 16.2. The third-order valence-corrected chi connectivity index (χ3v) is 4.28. The van der Waals surface area contributed by atoms with Crippen LogP contribution in [0.5, 0.6) is 0 Å². The van der Waals surface area contributed by atoms with Gasteiger partial charge < -0.3 is 10.6 Å². The Kier molecular flexibility index (Phi) is 6.44. The Bertz CT molecular complexity index is 506. The second-order valence-electron chi connectivity index (χ2n) is 6.14. The summed E-state index contributed by atoms with van der Waals surface area (Å²) < 4.78 is 0. The standard InChI is InChI=1S/C18H26N2O2/c1-14-8-6-7-9-15(14)13-19-17(21)12-18(22)20-16-10-4-2-3-5-11-16/h6-9,16H,2-5,10-13H2,1H3,(H,19,21)(H,20,22). The topological polar surface area (TPSA) is 58.2 Å². The van der Waals surface area contributed by atoms with Crippen LogP contribution in [0.1, 0.15) is 56.1 Å². The van der Waals surface area contributed by atoms with Crippen LogP contribution in [0.3, 0.4) is 0 Å². The molecule has 0 unspecified atom stereocenters. The van der Waals surface area contributed by atoms with Gasteiger partial charge in [0.25, 0.3) is 0 Å². The van der Waals surface area contributed by atoms with Crippen molar-refractivity contribution in [2.45, 2.75) is 64.5 Å². The number of hydrogen-bond acceptors (Lipinski definition) is 2. The maximum Gasteiger partial charge on any atom is 0.229 e. The lowest BCUT2D eigenvalue weighted by atomic mass is 10.1. The fourth-order valence-corrected chi connectivity index (χ4v) is 2.91. The molecule has 0 aromatic heterocycles. The van der Waals surface area contributed by atoms with E-state index in [0.29, 0.717) is 6.54 Å². The Morgan fingerprint density at radius 1 is 1.05 bits per heavy atom. The summed E-state index contributed by atoms with van der Waals surface area (Å²) in [5, 5.41) is 5.82. The summed E-state index contributed by atoms with van der Waals surface area (Å²) in [5.74, 6) is -0.372. The molecule has 0 heterocycles. The van der Waals surface area contributed by atoms with Gasteiger partial charge in [-0.1, -0.05) is 49.9 Å². The zero-order valence-electron chi connectivity index (χ0n) is 13.4. The number of rotatable bonds is 5. The van der Waals surface area contributed by atoms with Crippen molar-refractivity contribution in [1.82, 2.24) is 10.6 Å². The third-order valence-electron chi connectivity index (χ3n) is 4.28. The van der Waals surface area contributed by atoms with E-state index in [-0.39, 0.29) is 24.3 Å². The van der Waals surface area contributed by atoms with E-state index in [4.69, 9.17) is 0 Å². The van der Waals surface area contributed by atoms with Crippen molar-refractivity contribution >= 4 is 11.8 Å². The van der Waals surface area contributed by atoms with Crippen LogP contribution in [-0.2, 0) is 16.1 Å². The van der Waals surface area contributed by atoms with Gasteiger partial charge in [-0.15, -0.1) is 0 Å². The number of amides is 2. The number of carbonyl (C=O) groups is 2. The predicted octanol–water partition coefficient (Wildman–Crippen LogP) is 2.84. The van der Waals surface area contributed by atoms with Gasteiger partial charge in [-0.05, 0) is 30.9 Å². The molecule has 1 aliphatic carbocycles. The molecule has 0 spiro atoms. The van der Waals surface area contributed by atoms with E-state index in [0.717, 1.165) is 24.0 Å². The third kappa shape index (κ3) is 5.51. The van der Waals surface area contributed by atoms with Crippen molar-refractivity contribution < 1.29 is 9.59 Å². The molecule has 1 aromatic rings. The van der Waals surface area contributed by atoms with E-state index in [1.165, 1.54) is 25.7 Å². The smallest absolute Gasteiger partial charge is 0.229 e. The Morgan fingerprint density at radius 2 is 1.73 bits per heavy atom. The van der Waals surface area contributed by atoms with Crippen LogP contribution in [0, 0.1) is 6.92 Å². The molecule has 2 N–H and O–H groups in total. The van der Waals surface area contributed by atoms with Crippen LogP contribution >= 0.6 is 0 Å². The first-order valence-electron chi connectivity index (χ1n) is 8.25. The summed E-state index contributed by atoms with van der Waals surface area (Å²) in [6, 6.07) is 8.18. The molecule has 1 aliphatic rings. The van der Waals surface area contributed by atoms with Gasteiger partial charge in [-0.3, -0.25) is 9.59 Å². The molecule has 1 aromatic carbocycles. The highest BCUT2D eigenvalue weighted by molar-refractivity contribution is 5.96. The van der Waals surface area contributed by atoms with E-state index < -0.39 is 0 Å². The van der Waals surface area contributed by atoms with E-state index in [2.05, 4.69) is 10.6 Å². The first kappa shape index (κ1) is 16.5. The van der Waals surface area contributed by atoms with Gasteiger partial charge in [0.15, 0.2) is 0 Å². The largest absolute Gasteiger partial charge is 0.353 e. The molecule has 1 saturated carbocycles. The van der Waals surface area contributed by atoms with Gasteiger partial charge in [0.05, 0.1) is 0 Å². The molecule has 0 atom stereocenters. The van der Waals surface area contributed by atoms with Crippen LogP contribution in [-0.4, -0.2) is 17.9 Å². The molecule has 4 heteroatoms. The molecular weight excluding hydrogens is 276 g/mol. The van der Waals surface area contributed by atoms with Crippen molar-refractivity contribution in [3.05, 3.63) is 35.4 Å². The molecule has 1 fully saturated rings. The van der Waals surface area contributed by atoms with Gasteiger partial charge >= 0.3 is 0 Å². The van der Waals surface area contributed by atoms with Crippen LogP contribution in [0.15, 0.2) is 24.3 Å². The number of hydrogen-bond donors (Lipinski definition) is 2. The number of nitrogens with one attached hydrogen (secondary N) is 2. The van der Waals surface area contributed by atoms with E-state index in [1.54, 1.807) is 0 Å². The Balaban J connectivity index is 1.72. The summed E-state index contributed by atoms with van der Waals surface area (Å²) in [6.45, 7) is 2.49. The fourth-order valence-electron chi connectivity index (χ4n) is 2.91. The van der Waals surface area contributed by atoms with Crippen LogP contribution in [0.25, 0.3) is 0 Å². The van der Waals surface area contributed by atoms with E-state index >= 15 is 0 Å². The molecule has 0 saturated heterocycles. The predicted molar refractivity (Wildman–Crippen MR) is 87.3 cm³/mol. The Hall–Kier alpha value is -1.84. The summed E-state index contributed by atoms with van der Waals surface area (Å²) >= 11 is 0. The van der Waals surface area contributed by atoms with Crippen LogP contribution in [0.4, 0.5) is 0 Å². The molecule has 0 bridgehead atoms.